The van der Waals surface area contributed by atoms with Crippen LogP contribution < -0.4 is 5.32 Å². The van der Waals surface area contributed by atoms with Gasteiger partial charge in [0.25, 0.3) is 0 Å². The summed E-state index contributed by atoms with van der Waals surface area (Å²) >= 11 is 0. The number of nitrogens with zero attached hydrogens (tertiary/aromatic N) is 1. The largest absolute Gasteiger partial charge is 0.380 e. The molecule has 102 valence electrons. The Morgan fingerprint density at radius 1 is 1.35 bits per heavy atom. The predicted molar refractivity (Wildman–Crippen MR) is 73.3 cm³/mol. The fourth-order valence-electron chi connectivity index (χ4n) is 2.39. The van der Waals surface area contributed by atoms with Crippen LogP contribution in [-0.2, 0) is 4.74 Å². The summed E-state index contributed by atoms with van der Waals surface area (Å²) < 4.78 is 5.62. The fraction of sp³-hybridized carbons (Fsp3) is 1.00. The molecule has 0 aliphatic carbocycles. The van der Waals surface area contributed by atoms with Crippen molar-refractivity contribution < 1.29 is 4.74 Å². The normalized spacial score (nSPS) is 26.6. The van der Waals surface area contributed by atoms with E-state index in [4.69, 9.17) is 4.74 Å². The van der Waals surface area contributed by atoms with Crippen LogP contribution in [0.25, 0.3) is 0 Å². The van der Waals surface area contributed by atoms with Crippen LogP contribution in [0, 0.1) is 11.8 Å². The minimum atomic E-state index is 0.680. The van der Waals surface area contributed by atoms with Gasteiger partial charge >= 0.3 is 0 Å². The van der Waals surface area contributed by atoms with Crippen molar-refractivity contribution in [3.05, 3.63) is 0 Å². The third kappa shape index (κ3) is 6.39. The fourth-order valence-corrected chi connectivity index (χ4v) is 2.39. The van der Waals surface area contributed by atoms with Gasteiger partial charge in [0.05, 0.1) is 6.61 Å². The van der Waals surface area contributed by atoms with Crippen LogP contribution in [-0.4, -0.2) is 50.8 Å². The highest BCUT2D eigenvalue weighted by Crippen LogP contribution is 2.14. The first kappa shape index (κ1) is 14.9. The van der Waals surface area contributed by atoms with E-state index in [0.717, 1.165) is 31.6 Å². The van der Waals surface area contributed by atoms with E-state index in [-0.39, 0.29) is 0 Å². The Morgan fingerprint density at radius 2 is 2.12 bits per heavy atom. The van der Waals surface area contributed by atoms with Crippen molar-refractivity contribution in [3.8, 4) is 0 Å². The van der Waals surface area contributed by atoms with Gasteiger partial charge in [-0.25, -0.2) is 0 Å². The van der Waals surface area contributed by atoms with Crippen molar-refractivity contribution in [2.24, 2.45) is 11.8 Å². The van der Waals surface area contributed by atoms with Crippen LogP contribution in [0.3, 0.4) is 0 Å². The Hall–Kier alpha value is -0.120. The number of ether oxygens (including phenoxy) is 1. The summed E-state index contributed by atoms with van der Waals surface area (Å²) in [4.78, 5) is 2.42. The molecule has 1 N–H and O–H groups in total. The van der Waals surface area contributed by atoms with Crippen molar-refractivity contribution in [2.75, 3.05) is 39.9 Å². The second kappa shape index (κ2) is 8.06. The molecule has 0 aromatic carbocycles. The SMILES string of the molecule is CC(C)CCOCCNC1CCN(C)CC1C. The summed E-state index contributed by atoms with van der Waals surface area (Å²) in [5, 5.41) is 3.63. The summed E-state index contributed by atoms with van der Waals surface area (Å²) in [6, 6.07) is 0.680. The lowest BCUT2D eigenvalue weighted by Gasteiger charge is -2.35. The van der Waals surface area contributed by atoms with Gasteiger partial charge in [-0.2, -0.15) is 0 Å². The number of piperidine rings is 1. The van der Waals surface area contributed by atoms with E-state index in [1.165, 1.54) is 25.9 Å². The molecule has 0 saturated carbocycles. The average molecular weight is 242 g/mol. The van der Waals surface area contributed by atoms with E-state index in [2.05, 4.69) is 38.0 Å². The molecule has 3 nitrogen and oxygen atoms in total. The average Bonchev–Trinajstić information content (AvgIpc) is 2.25. The third-order valence-electron chi connectivity index (χ3n) is 3.60. The minimum absolute atomic E-state index is 0.680. The molecule has 2 unspecified atom stereocenters. The van der Waals surface area contributed by atoms with Crippen LogP contribution >= 0.6 is 0 Å². The summed E-state index contributed by atoms with van der Waals surface area (Å²) in [7, 11) is 2.21. The van der Waals surface area contributed by atoms with E-state index >= 15 is 0 Å². The lowest BCUT2D eigenvalue weighted by Crippen LogP contribution is -2.47. The summed E-state index contributed by atoms with van der Waals surface area (Å²) in [6.07, 6.45) is 2.44. The molecular formula is C14H30N2O. The first-order valence-corrected chi connectivity index (χ1v) is 7.09. The minimum Gasteiger partial charge on any atom is -0.380 e. The van der Waals surface area contributed by atoms with Crippen LogP contribution in [0.15, 0.2) is 0 Å². The van der Waals surface area contributed by atoms with Gasteiger partial charge in [-0.1, -0.05) is 20.8 Å². The number of likely N-dealkylation sites (tertiary alicyclic amines) is 1. The van der Waals surface area contributed by atoms with Gasteiger partial charge in [0, 0.05) is 25.7 Å². The Morgan fingerprint density at radius 3 is 2.76 bits per heavy atom. The predicted octanol–water partition coefficient (Wildman–Crippen LogP) is 1.98. The van der Waals surface area contributed by atoms with Gasteiger partial charge in [0.2, 0.25) is 0 Å². The molecule has 17 heavy (non-hydrogen) atoms. The van der Waals surface area contributed by atoms with Gasteiger partial charge in [-0.15, -0.1) is 0 Å². The van der Waals surface area contributed by atoms with Gasteiger partial charge in [-0.3, -0.25) is 0 Å². The van der Waals surface area contributed by atoms with E-state index in [0.29, 0.717) is 6.04 Å². The maximum atomic E-state index is 5.62. The highest BCUT2D eigenvalue weighted by Gasteiger charge is 2.23. The first-order chi connectivity index (χ1) is 8.09. The topological polar surface area (TPSA) is 24.5 Å². The van der Waals surface area contributed by atoms with Gasteiger partial charge in [-0.05, 0) is 38.3 Å². The molecule has 0 amide bonds. The molecule has 1 aliphatic rings. The van der Waals surface area contributed by atoms with E-state index in [9.17, 15) is 0 Å². The monoisotopic (exact) mass is 242 g/mol. The zero-order valence-electron chi connectivity index (χ0n) is 12.0. The molecule has 3 heteroatoms. The second-order valence-corrected chi connectivity index (χ2v) is 5.88. The quantitative estimate of drug-likeness (QED) is 0.691. The molecule has 2 atom stereocenters. The number of hydrogen-bond donors (Lipinski definition) is 1. The van der Waals surface area contributed by atoms with Crippen LogP contribution in [0.1, 0.15) is 33.6 Å². The molecule has 0 bridgehead atoms. The molecule has 0 aromatic heterocycles. The molecule has 1 aliphatic heterocycles. The zero-order valence-corrected chi connectivity index (χ0v) is 12.0. The maximum Gasteiger partial charge on any atom is 0.0591 e. The number of nitrogens with one attached hydrogen (secondary N) is 1. The molecule has 1 saturated heterocycles. The molecule has 1 heterocycles. The third-order valence-corrected chi connectivity index (χ3v) is 3.60. The lowest BCUT2D eigenvalue weighted by atomic mass is 9.94. The van der Waals surface area contributed by atoms with Crippen molar-refractivity contribution >= 4 is 0 Å². The summed E-state index contributed by atoms with van der Waals surface area (Å²) in [6.45, 7) is 12.0. The molecule has 0 spiro atoms. The Labute approximate surface area is 107 Å². The Balaban J connectivity index is 1.99. The van der Waals surface area contributed by atoms with Crippen LogP contribution in [0.2, 0.25) is 0 Å². The van der Waals surface area contributed by atoms with E-state index in [1.54, 1.807) is 0 Å². The van der Waals surface area contributed by atoms with E-state index < -0.39 is 0 Å². The summed E-state index contributed by atoms with van der Waals surface area (Å²) in [5.41, 5.74) is 0. The van der Waals surface area contributed by atoms with Crippen molar-refractivity contribution in [3.63, 3.8) is 0 Å². The Bertz CT molecular complexity index is 197. The van der Waals surface area contributed by atoms with Gasteiger partial charge in [0.15, 0.2) is 0 Å². The van der Waals surface area contributed by atoms with Crippen LogP contribution in [0.4, 0.5) is 0 Å². The maximum absolute atomic E-state index is 5.62. The zero-order chi connectivity index (χ0) is 12.7. The van der Waals surface area contributed by atoms with Crippen molar-refractivity contribution in [1.29, 1.82) is 0 Å². The number of hydrogen-bond acceptors (Lipinski definition) is 3. The Kier molecular flexibility index (Phi) is 7.09. The van der Waals surface area contributed by atoms with Gasteiger partial charge < -0.3 is 15.0 Å². The molecule has 1 fully saturated rings. The lowest BCUT2D eigenvalue weighted by molar-refractivity contribution is 0.113. The molecular weight excluding hydrogens is 212 g/mol. The molecule has 0 radical (unpaired) electrons. The second-order valence-electron chi connectivity index (χ2n) is 5.88. The van der Waals surface area contributed by atoms with Crippen LogP contribution in [0.5, 0.6) is 0 Å². The van der Waals surface area contributed by atoms with Crippen molar-refractivity contribution in [2.45, 2.75) is 39.7 Å². The van der Waals surface area contributed by atoms with Crippen molar-refractivity contribution in [1.82, 2.24) is 10.2 Å². The first-order valence-electron chi connectivity index (χ1n) is 7.09. The number of rotatable bonds is 7. The molecule has 1 rings (SSSR count). The molecule has 0 aromatic rings. The highest BCUT2D eigenvalue weighted by molar-refractivity contribution is 4.81. The highest BCUT2D eigenvalue weighted by atomic mass is 16.5. The standard InChI is InChI=1S/C14H30N2O/c1-12(2)6-9-17-10-7-15-14-5-8-16(4)11-13(14)3/h12-15H,5-11H2,1-4H3. The smallest absolute Gasteiger partial charge is 0.0591 e. The van der Waals surface area contributed by atoms with Gasteiger partial charge in [0.1, 0.15) is 0 Å². The summed E-state index contributed by atoms with van der Waals surface area (Å²) in [5.74, 6) is 1.50. The van der Waals surface area contributed by atoms with E-state index in [1.807, 2.05) is 0 Å².